The van der Waals surface area contributed by atoms with Crippen molar-refractivity contribution in [3.8, 4) is 5.75 Å². The number of benzene rings is 2. The third kappa shape index (κ3) is 6.33. The lowest BCUT2D eigenvalue weighted by molar-refractivity contribution is -0.116. The third-order valence-corrected chi connectivity index (χ3v) is 5.23. The van der Waals surface area contributed by atoms with Gasteiger partial charge in [0.1, 0.15) is 5.75 Å². The SMILES string of the molecule is COc1ccc(CCN(CC(=O)Nc2ccc(Cl)cc2)S(C)(=O)=O)cc1. The minimum atomic E-state index is -3.52. The van der Waals surface area contributed by atoms with Crippen LogP contribution in [0.3, 0.4) is 0 Å². The molecule has 6 nitrogen and oxygen atoms in total. The molecule has 0 bridgehead atoms. The van der Waals surface area contributed by atoms with Gasteiger partial charge >= 0.3 is 0 Å². The van der Waals surface area contributed by atoms with E-state index in [0.717, 1.165) is 21.9 Å². The fourth-order valence-electron chi connectivity index (χ4n) is 2.30. The van der Waals surface area contributed by atoms with Crippen LogP contribution in [0.25, 0.3) is 0 Å². The Labute approximate surface area is 158 Å². The Balaban J connectivity index is 1.97. The van der Waals surface area contributed by atoms with Crippen LogP contribution in [0.5, 0.6) is 5.75 Å². The Morgan fingerprint density at radius 1 is 1.12 bits per heavy atom. The topological polar surface area (TPSA) is 75.7 Å². The summed E-state index contributed by atoms with van der Waals surface area (Å²) in [6.45, 7) is -0.0448. The van der Waals surface area contributed by atoms with Crippen LogP contribution in [0, 0.1) is 0 Å². The molecule has 0 saturated heterocycles. The maximum Gasteiger partial charge on any atom is 0.239 e. The highest BCUT2D eigenvalue weighted by Crippen LogP contribution is 2.14. The predicted molar refractivity (Wildman–Crippen MR) is 103 cm³/mol. The summed E-state index contributed by atoms with van der Waals surface area (Å²) in [5.74, 6) is 0.323. The monoisotopic (exact) mass is 396 g/mol. The zero-order chi connectivity index (χ0) is 19.2. The first-order valence-electron chi connectivity index (χ1n) is 7.91. The maximum absolute atomic E-state index is 12.2. The minimum Gasteiger partial charge on any atom is -0.497 e. The number of anilines is 1. The van der Waals surface area contributed by atoms with Crippen LogP contribution in [0.2, 0.25) is 5.02 Å². The van der Waals surface area contributed by atoms with E-state index in [1.54, 1.807) is 31.4 Å². The fraction of sp³-hybridized carbons (Fsp3) is 0.278. The van der Waals surface area contributed by atoms with Gasteiger partial charge in [0.2, 0.25) is 15.9 Å². The molecule has 140 valence electrons. The van der Waals surface area contributed by atoms with Crippen molar-refractivity contribution in [1.82, 2.24) is 4.31 Å². The first kappa shape index (κ1) is 20.2. The molecule has 0 radical (unpaired) electrons. The number of hydrogen-bond acceptors (Lipinski definition) is 4. The molecule has 0 aromatic heterocycles. The number of nitrogens with one attached hydrogen (secondary N) is 1. The molecule has 2 rings (SSSR count). The highest BCUT2D eigenvalue weighted by Gasteiger charge is 2.20. The standard InChI is InChI=1S/C18H21ClN2O4S/c1-25-17-9-3-14(4-10-17)11-12-21(26(2,23)24)13-18(22)20-16-7-5-15(19)6-8-16/h3-10H,11-13H2,1-2H3,(H,20,22). The molecule has 0 heterocycles. The van der Waals surface area contributed by atoms with Gasteiger partial charge in [-0.15, -0.1) is 0 Å². The number of carbonyl (C=O) groups is 1. The molecule has 2 aromatic carbocycles. The lowest BCUT2D eigenvalue weighted by Crippen LogP contribution is -2.38. The zero-order valence-corrected chi connectivity index (χ0v) is 16.2. The summed E-state index contributed by atoms with van der Waals surface area (Å²) in [7, 11) is -1.93. The molecule has 0 spiro atoms. The average molecular weight is 397 g/mol. The van der Waals surface area contributed by atoms with Crippen LogP contribution in [-0.2, 0) is 21.2 Å². The second-order valence-corrected chi connectivity index (χ2v) is 8.17. The van der Waals surface area contributed by atoms with Crippen molar-refractivity contribution in [3.63, 3.8) is 0 Å². The van der Waals surface area contributed by atoms with E-state index in [1.807, 2.05) is 24.3 Å². The number of carbonyl (C=O) groups excluding carboxylic acids is 1. The van der Waals surface area contributed by atoms with Gasteiger partial charge in [0, 0.05) is 17.3 Å². The molecule has 0 saturated carbocycles. The number of ether oxygens (including phenoxy) is 1. The summed E-state index contributed by atoms with van der Waals surface area (Å²) in [6, 6.07) is 14.0. The van der Waals surface area contributed by atoms with Crippen LogP contribution >= 0.6 is 11.6 Å². The summed E-state index contributed by atoms with van der Waals surface area (Å²) in [5, 5.41) is 3.22. The van der Waals surface area contributed by atoms with Gasteiger partial charge in [-0.1, -0.05) is 23.7 Å². The van der Waals surface area contributed by atoms with Crippen LogP contribution in [0.15, 0.2) is 48.5 Å². The highest BCUT2D eigenvalue weighted by molar-refractivity contribution is 7.88. The molecule has 1 amide bonds. The van der Waals surface area contributed by atoms with Gasteiger partial charge in [0.25, 0.3) is 0 Å². The molecule has 0 aliphatic heterocycles. The van der Waals surface area contributed by atoms with Gasteiger partial charge in [-0.05, 0) is 48.4 Å². The Bertz CT molecular complexity index is 836. The van der Waals surface area contributed by atoms with Crippen LogP contribution < -0.4 is 10.1 Å². The largest absolute Gasteiger partial charge is 0.497 e. The number of methoxy groups -OCH3 is 1. The molecule has 0 aliphatic carbocycles. The molecule has 26 heavy (non-hydrogen) atoms. The van der Waals surface area contributed by atoms with Crippen molar-refractivity contribution in [2.45, 2.75) is 6.42 Å². The summed E-state index contributed by atoms with van der Waals surface area (Å²) < 4.78 is 30.2. The summed E-state index contributed by atoms with van der Waals surface area (Å²) >= 11 is 5.80. The van der Waals surface area contributed by atoms with Crippen molar-refractivity contribution < 1.29 is 17.9 Å². The smallest absolute Gasteiger partial charge is 0.239 e. The molecular formula is C18H21ClN2O4S. The Kier molecular flexibility index (Phi) is 7.02. The van der Waals surface area contributed by atoms with Crippen LogP contribution in [-0.4, -0.2) is 45.1 Å². The van der Waals surface area contributed by atoms with Gasteiger partial charge < -0.3 is 10.1 Å². The lowest BCUT2D eigenvalue weighted by Gasteiger charge is -2.19. The second kappa shape index (κ2) is 9.02. The average Bonchev–Trinajstić information content (AvgIpc) is 2.60. The van der Waals surface area contributed by atoms with Gasteiger partial charge in [0.15, 0.2) is 0 Å². The first-order chi connectivity index (χ1) is 12.3. The third-order valence-electron chi connectivity index (χ3n) is 3.73. The Hall–Kier alpha value is -2.09. The molecule has 0 unspecified atom stereocenters. The van der Waals surface area contributed by atoms with Gasteiger partial charge in [0.05, 0.1) is 19.9 Å². The van der Waals surface area contributed by atoms with E-state index in [4.69, 9.17) is 16.3 Å². The molecule has 8 heteroatoms. The van der Waals surface area contributed by atoms with E-state index in [2.05, 4.69) is 5.32 Å². The lowest BCUT2D eigenvalue weighted by atomic mass is 10.1. The van der Waals surface area contributed by atoms with E-state index in [0.29, 0.717) is 17.1 Å². The van der Waals surface area contributed by atoms with Crippen molar-refractivity contribution in [3.05, 3.63) is 59.1 Å². The van der Waals surface area contributed by atoms with Crippen molar-refractivity contribution in [1.29, 1.82) is 0 Å². The van der Waals surface area contributed by atoms with Crippen molar-refractivity contribution in [2.24, 2.45) is 0 Å². The van der Waals surface area contributed by atoms with Crippen molar-refractivity contribution >= 4 is 33.2 Å². The fourth-order valence-corrected chi connectivity index (χ4v) is 3.20. The number of amides is 1. The molecule has 0 atom stereocenters. The number of sulfonamides is 1. The zero-order valence-electron chi connectivity index (χ0n) is 14.6. The van der Waals surface area contributed by atoms with Gasteiger partial charge in [-0.3, -0.25) is 4.79 Å². The molecule has 2 aromatic rings. The number of rotatable bonds is 8. The minimum absolute atomic E-state index is 0.208. The molecule has 1 N–H and O–H groups in total. The summed E-state index contributed by atoms with van der Waals surface area (Å²) in [4.78, 5) is 12.2. The summed E-state index contributed by atoms with van der Waals surface area (Å²) in [5.41, 5.74) is 1.51. The number of halogens is 1. The first-order valence-corrected chi connectivity index (χ1v) is 10.1. The van der Waals surface area contributed by atoms with Crippen LogP contribution in [0.1, 0.15) is 5.56 Å². The number of nitrogens with zero attached hydrogens (tertiary/aromatic N) is 1. The molecule has 0 aliphatic rings. The predicted octanol–water partition coefficient (Wildman–Crippen LogP) is 2.79. The van der Waals surface area contributed by atoms with Crippen molar-refractivity contribution in [2.75, 3.05) is 31.8 Å². The summed E-state index contributed by atoms with van der Waals surface area (Å²) in [6.07, 6.45) is 1.59. The van der Waals surface area contributed by atoms with Gasteiger partial charge in [-0.25, -0.2) is 8.42 Å². The number of hydrogen-bond donors (Lipinski definition) is 1. The quantitative estimate of drug-likeness (QED) is 0.744. The maximum atomic E-state index is 12.2. The highest BCUT2D eigenvalue weighted by atomic mass is 35.5. The molecule has 0 fully saturated rings. The normalized spacial score (nSPS) is 11.4. The second-order valence-electron chi connectivity index (χ2n) is 5.75. The van der Waals surface area contributed by atoms with E-state index in [1.165, 1.54) is 0 Å². The Morgan fingerprint density at radius 3 is 2.27 bits per heavy atom. The van der Waals surface area contributed by atoms with E-state index < -0.39 is 15.9 Å². The van der Waals surface area contributed by atoms with E-state index >= 15 is 0 Å². The molecular weight excluding hydrogens is 376 g/mol. The van der Waals surface area contributed by atoms with E-state index in [9.17, 15) is 13.2 Å². The Morgan fingerprint density at radius 2 is 1.73 bits per heavy atom. The van der Waals surface area contributed by atoms with Crippen LogP contribution in [0.4, 0.5) is 5.69 Å². The van der Waals surface area contributed by atoms with Gasteiger partial charge in [-0.2, -0.15) is 4.31 Å². The van der Waals surface area contributed by atoms with E-state index in [-0.39, 0.29) is 13.1 Å².